The molecule has 1 N–H and O–H groups in total. The third kappa shape index (κ3) is 3.15. The monoisotopic (exact) mass is 249 g/mol. The Hall–Kier alpha value is -1.71. The molecular formula is C14H19NO3. The van der Waals surface area contributed by atoms with Crippen molar-refractivity contribution in [2.45, 2.75) is 32.3 Å². The third-order valence-corrected chi connectivity index (χ3v) is 2.90. The maximum Gasteiger partial charge on any atom is 0.407 e. The number of cyclic esters (lactones) is 1. The van der Waals surface area contributed by atoms with Crippen LogP contribution >= 0.6 is 0 Å². The van der Waals surface area contributed by atoms with Gasteiger partial charge in [-0.3, -0.25) is 0 Å². The van der Waals surface area contributed by atoms with Gasteiger partial charge >= 0.3 is 6.09 Å². The highest BCUT2D eigenvalue weighted by Crippen LogP contribution is 2.24. The number of hydrogen-bond donors (Lipinski definition) is 1. The Kier molecular flexibility index (Phi) is 3.45. The second-order valence-electron chi connectivity index (χ2n) is 5.49. The molecule has 0 saturated carbocycles. The van der Waals surface area contributed by atoms with Crippen LogP contribution in [-0.4, -0.2) is 25.3 Å². The van der Waals surface area contributed by atoms with Crippen LogP contribution in [0.25, 0.3) is 0 Å². The van der Waals surface area contributed by atoms with Crippen LogP contribution in [0.15, 0.2) is 24.3 Å². The van der Waals surface area contributed by atoms with Crippen molar-refractivity contribution in [3.05, 3.63) is 29.8 Å². The molecule has 0 bridgehead atoms. The van der Waals surface area contributed by atoms with E-state index in [4.69, 9.17) is 9.47 Å². The highest BCUT2D eigenvalue weighted by atomic mass is 16.6. The van der Waals surface area contributed by atoms with E-state index in [0.717, 1.165) is 5.75 Å². The van der Waals surface area contributed by atoms with E-state index in [0.29, 0.717) is 13.2 Å². The number of amides is 1. The predicted octanol–water partition coefficient (Wildman–Crippen LogP) is 2.47. The summed E-state index contributed by atoms with van der Waals surface area (Å²) in [7, 11) is 0. The zero-order valence-corrected chi connectivity index (χ0v) is 11.0. The SMILES string of the molecule is CC(C)(C)c1ccc(OCC2CNC(=O)O2)cc1. The molecule has 0 aromatic heterocycles. The number of rotatable bonds is 3. The van der Waals surface area contributed by atoms with Gasteiger partial charge < -0.3 is 14.8 Å². The molecule has 0 radical (unpaired) electrons. The molecule has 18 heavy (non-hydrogen) atoms. The summed E-state index contributed by atoms with van der Waals surface area (Å²) in [5, 5.41) is 2.59. The number of ether oxygens (including phenoxy) is 2. The molecule has 4 heteroatoms. The molecule has 1 aliphatic rings. The van der Waals surface area contributed by atoms with E-state index in [-0.39, 0.29) is 17.6 Å². The van der Waals surface area contributed by atoms with Crippen molar-refractivity contribution in [3.8, 4) is 5.75 Å². The molecule has 1 aromatic carbocycles. The van der Waals surface area contributed by atoms with Crippen LogP contribution in [0.5, 0.6) is 5.75 Å². The molecule has 2 rings (SSSR count). The van der Waals surface area contributed by atoms with Crippen molar-refractivity contribution in [2.75, 3.05) is 13.2 Å². The average molecular weight is 249 g/mol. The largest absolute Gasteiger partial charge is 0.490 e. The number of carbonyl (C=O) groups is 1. The molecule has 1 aromatic rings. The van der Waals surface area contributed by atoms with E-state index in [9.17, 15) is 4.79 Å². The van der Waals surface area contributed by atoms with Gasteiger partial charge in [-0.1, -0.05) is 32.9 Å². The fourth-order valence-corrected chi connectivity index (χ4v) is 1.77. The summed E-state index contributed by atoms with van der Waals surface area (Å²) >= 11 is 0. The molecule has 1 saturated heterocycles. The number of hydrogen-bond acceptors (Lipinski definition) is 3. The maximum absolute atomic E-state index is 10.8. The van der Waals surface area contributed by atoms with Crippen LogP contribution in [0, 0.1) is 0 Å². The Balaban J connectivity index is 1.89. The number of alkyl carbamates (subject to hydrolysis) is 1. The van der Waals surface area contributed by atoms with Gasteiger partial charge in [0.25, 0.3) is 0 Å². The van der Waals surface area contributed by atoms with Crippen LogP contribution < -0.4 is 10.1 Å². The van der Waals surface area contributed by atoms with Gasteiger partial charge in [0.05, 0.1) is 6.54 Å². The smallest absolute Gasteiger partial charge is 0.407 e. The molecule has 1 fully saturated rings. The lowest BCUT2D eigenvalue weighted by molar-refractivity contribution is 0.105. The molecule has 1 aliphatic heterocycles. The maximum atomic E-state index is 10.8. The molecule has 1 unspecified atom stereocenters. The highest BCUT2D eigenvalue weighted by molar-refractivity contribution is 5.69. The van der Waals surface area contributed by atoms with Gasteiger partial charge in [0.15, 0.2) is 6.10 Å². The lowest BCUT2D eigenvalue weighted by Crippen LogP contribution is -2.22. The Morgan fingerprint density at radius 1 is 1.33 bits per heavy atom. The Labute approximate surface area is 107 Å². The van der Waals surface area contributed by atoms with E-state index >= 15 is 0 Å². The molecular weight excluding hydrogens is 230 g/mol. The van der Waals surface area contributed by atoms with Crippen molar-refractivity contribution in [1.82, 2.24) is 5.32 Å². The molecule has 98 valence electrons. The predicted molar refractivity (Wildman–Crippen MR) is 68.9 cm³/mol. The van der Waals surface area contributed by atoms with E-state index in [1.165, 1.54) is 5.56 Å². The fourth-order valence-electron chi connectivity index (χ4n) is 1.77. The number of nitrogens with one attached hydrogen (secondary N) is 1. The summed E-state index contributed by atoms with van der Waals surface area (Å²) in [6.07, 6.45) is -0.563. The summed E-state index contributed by atoms with van der Waals surface area (Å²) in [6, 6.07) is 8.03. The molecule has 1 atom stereocenters. The van der Waals surface area contributed by atoms with E-state index in [2.05, 4.69) is 38.2 Å². The normalized spacial score (nSPS) is 19.3. The first kappa shape index (κ1) is 12.7. The lowest BCUT2D eigenvalue weighted by Gasteiger charge is -2.19. The summed E-state index contributed by atoms with van der Waals surface area (Å²) in [4.78, 5) is 10.8. The van der Waals surface area contributed by atoms with Crippen molar-refractivity contribution in [3.63, 3.8) is 0 Å². The van der Waals surface area contributed by atoms with Gasteiger partial charge in [-0.2, -0.15) is 0 Å². The average Bonchev–Trinajstić information content (AvgIpc) is 2.72. The fraction of sp³-hybridized carbons (Fsp3) is 0.500. The van der Waals surface area contributed by atoms with E-state index < -0.39 is 0 Å². The molecule has 0 spiro atoms. The van der Waals surface area contributed by atoms with Gasteiger partial charge in [0, 0.05) is 0 Å². The van der Waals surface area contributed by atoms with Crippen molar-refractivity contribution in [2.24, 2.45) is 0 Å². The van der Waals surface area contributed by atoms with Crippen LogP contribution in [-0.2, 0) is 10.2 Å². The standard InChI is InChI=1S/C14H19NO3/c1-14(2,3)10-4-6-11(7-5-10)17-9-12-8-15-13(16)18-12/h4-7,12H,8-9H2,1-3H3,(H,15,16). The van der Waals surface area contributed by atoms with Crippen LogP contribution in [0.2, 0.25) is 0 Å². The molecule has 0 aliphatic carbocycles. The zero-order chi connectivity index (χ0) is 13.2. The quantitative estimate of drug-likeness (QED) is 0.895. The summed E-state index contributed by atoms with van der Waals surface area (Å²) < 4.78 is 10.6. The van der Waals surface area contributed by atoms with Crippen LogP contribution in [0.4, 0.5) is 4.79 Å². The topological polar surface area (TPSA) is 47.6 Å². The van der Waals surface area contributed by atoms with Crippen LogP contribution in [0.1, 0.15) is 26.3 Å². The Morgan fingerprint density at radius 2 is 2.00 bits per heavy atom. The second-order valence-corrected chi connectivity index (χ2v) is 5.49. The van der Waals surface area contributed by atoms with Crippen molar-refractivity contribution in [1.29, 1.82) is 0 Å². The van der Waals surface area contributed by atoms with E-state index in [1.807, 2.05) is 12.1 Å². The Bertz CT molecular complexity index is 420. The number of benzene rings is 1. The van der Waals surface area contributed by atoms with Crippen molar-refractivity contribution >= 4 is 6.09 Å². The first-order chi connectivity index (χ1) is 8.45. The summed E-state index contributed by atoms with van der Waals surface area (Å²) in [5.74, 6) is 0.797. The van der Waals surface area contributed by atoms with Gasteiger partial charge in [0.1, 0.15) is 12.4 Å². The van der Waals surface area contributed by atoms with Crippen molar-refractivity contribution < 1.29 is 14.3 Å². The third-order valence-electron chi connectivity index (χ3n) is 2.90. The second kappa shape index (κ2) is 4.88. The first-order valence-corrected chi connectivity index (χ1v) is 6.13. The molecule has 4 nitrogen and oxygen atoms in total. The summed E-state index contributed by atoms with van der Waals surface area (Å²) in [5.41, 5.74) is 1.41. The minimum Gasteiger partial charge on any atom is -0.490 e. The van der Waals surface area contributed by atoms with Crippen LogP contribution in [0.3, 0.4) is 0 Å². The minimum absolute atomic E-state index is 0.142. The van der Waals surface area contributed by atoms with Gasteiger partial charge in [-0.25, -0.2) is 4.79 Å². The van der Waals surface area contributed by atoms with Gasteiger partial charge in [-0.05, 0) is 23.1 Å². The van der Waals surface area contributed by atoms with Gasteiger partial charge in [0.2, 0.25) is 0 Å². The van der Waals surface area contributed by atoms with Gasteiger partial charge in [-0.15, -0.1) is 0 Å². The number of carbonyl (C=O) groups excluding carboxylic acids is 1. The minimum atomic E-state index is -0.369. The Morgan fingerprint density at radius 3 is 2.50 bits per heavy atom. The first-order valence-electron chi connectivity index (χ1n) is 6.13. The lowest BCUT2D eigenvalue weighted by atomic mass is 9.87. The molecule has 1 amide bonds. The summed E-state index contributed by atoms with van der Waals surface area (Å²) in [6.45, 7) is 7.41. The van der Waals surface area contributed by atoms with E-state index in [1.54, 1.807) is 0 Å². The highest BCUT2D eigenvalue weighted by Gasteiger charge is 2.22. The zero-order valence-electron chi connectivity index (χ0n) is 11.0. The molecule has 1 heterocycles.